The number of rotatable bonds is 4. The number of nitrogens with one attached hydrogen (secondary N) is 2. The molecule has 0 amide bonds. The van der Waals surface area contributed by atoms with Crippen LogP contribution in [0.2, 0.25) is 0 Å². The molecule has 3 heterocycles. The molecule has 3 nitrogen and oxygen atoms in total. The molecular weight excluding hydrogens is 450 g/mol. The summed E-state index contributed by atoms with van der Waals surface area (Å²) in [5, 5.41) is 1.29. The van der Waals surface area contributed by atoms with E-state index in [9.17, 15) is 0 Å². The van der Waals surface area contributed by atoms with Gasteiger partial charge in [0, 0.05) is 52.8 Å². The Morgan fingerprint density at radius 2 is 1.46 bits per heavy atom. The van der Waals surface area contributed by atoms with Crippen LogP contribution in [-0.4, -0.2) is 17.0 Å². The van der Waals surface area contributed by atoms with E-state index in [1.165, 1.54) is 79.2 Å². The number of aromatic amines is 2. The van der Waals surface area contributed by atoms with Gasteiger partial charge < -0.3 is 14.9 Å². The molecule has 0 saturated carbocycles. The molecule has 0 spiro atoms. The zero-order valence-corrected chi connectivity index (χ0v) is 21.9. The van der Waals surface area contributed by atoms with Crippen molar-refractivity contribution in [1.29, 1.82) is 0 Å². The second-order valence-electron chi connectivity index (χ2n) is 10.7. The Balaban J connectivity index is 1.23. The first-order valence-corrected chi connectivity index (χ1v) is 13.6. The molecule has 0 unspecified atom stereocenters. The fourth-order valence-corrected chi connectivity index (χ4v) is 6.20. The van der Waals surface area contributed by atoms with Gasteiger partial charge in [0.1, 0.15) is 0 Å². The van der Waals surface area contributed by atoms with Gasteiger partial charge in [-0.2, -0.15) is 0 Å². The second kappa shape index (κ2) is 8.55. The SMILES string of the molecule is CCC1=Cc2cc(-c3ccc4c(c3)Cc3cc(-c5cc6cc(CC)ccc6[nH]5)ccc3N4C)[nH]c2CC1. The smallest absolute Gasteiger partial charge is 0.0464 e. The molecule has 0 bridgehead atoms. The van der Waals surface area contributed by atoms with Crippen molar-refractivity contribution >= 4 is 28.4 Å². The van der Waals surface area contributed by atoms with E-state index < -0.39 is 0 Å². The topological polar surface area (TPSA) is 34.8 Å². The van der Waals surface area contributed by atoms with Crippen LogP contribution in [0.25, 0.3) is 39.5 Å². The van der Waals surface area contributed by atoms with Gasteiger partial charge in [-0.25, -0.2) is 0 Å². The number of hydrogen-bond donors (Lipinski definition) is 2. The predicted octanol–water partition coefficient (Wildman–Crippen LogP) is 8.80. The second-order valence-corrected chi connectivity index (χ2v) is 10.7. The van der Waals surface area contributed by atoms with Gasteiger partial charge in [-0.1, -0.05) is 43.7 Å². The zero-order valence-electron chi connectivity index (χ0n) is 21.9. The van der Waals surface area contributed by atoms with Gasteiger partial charge in [-0.05, 0) is 108 Å². The third-order valence-corrected chi connectivity index (χ3v) is 8.42. The number of fused-ring (bicyclic) bond motifs is 4. The fourth-order valence-electron chi connectivity index (χ4n) is 6.20. The van der Waals surface area contributed by atoms with E-state index in [1.807, 2.05) is 0 Å². The molecule has 37 heavy (non-hydrogen) atoms. The molecule has 3 heteroatoms. The summed E-state index contributed by atoms with van der Waals surface area (Å²) in [7, 11) is 2.19. The van der Waals surface area contributed by atoms with Crippen LogP contribution in [0.5, 0.6) is 0 Å². The maximum Gasteiger partial charge on any atom is 0.0464 e. The molecule has 5 aromatic rings. The highest BCUT2D eigenvalue weighted by Crippen LogP contribution is 2.41. The summed E-state index contributed by atoms with van der Waals surface area (Å²) in [6, 6.07) is 25.2. The summed E-state index contributed by atoms with van der Waals surface area (Å²) in [4.78, 5) is 9.70. The van der Waals surface area contributed by atoms with E-state index >= 15 is 0 Å². The van der Waals surface area contributed by atoms with Gasteiger partial charge in [0.05, 0.1) is 0 Å². The van der Waals surface area contributed by atoms with E-state index in [-0.39, 0.29) is 0 Å². The fraction of sp³-hybridized carbons (Fsp3) is 0.235. The molecule has 0 fully saturated rings. The lowest BCUT2D eigenvalue weighted by molar-refractivity contribution is 0.856. The number of H-pyrrole nitrogens is 2. The summed E-state index contributed by atoms with van der Waals surface area (Å²) in [5.74, 6) is 0. The highest BCUT2D eigenvalue weighted by Gasteiger charge is 2.22. The van der Waals surface area contributed by atoms with Gasteiger partial charge >= 0.3 is 0 Å². The molecule has 1 aliphatic heterocycles. The number of aromatic nitrogens is 2. The molecule has 2 aromatic heterocycles. The van der Waals surface area contributed by atoms with Gasteiger partial charge in [0.2, 0.25) is 0 Å². The highest BCUT2D eigenvalue weighted by atomic mass is 15.1. The molecule has 0 saturated heterocycles. The van der Waals surface area contributed by atoms with Crippen LogP contribution in [-0.2, 0) is 19.3 Å². The average Bonchev–Trinajstić information content (AvgIpc) is 3.56. The Kier molecular flexibility index (Phi) is 5.14. The largest absolute Gasteiger partial charge is 0.358 e. The number of aryl methyl sites for hydroxylation is 2. The van der Waals surface area contributed by atoms with Gasteiger partial charge in [-0.15, -0.1) is 0 Å². The summed E-state index contributed by atoms with van der Waals surface area (Å²) < 4.78 is 0. The number of anilines is 2. The predicted molar refractivity (Wildman–Crippen MR) is 157 cm³/mol. The molecular formula is C34H33N3. The van der Waals surface area contributed by atoms with Crippen LogP contribution < -0.4 is 4.90 Å². The van der Waals surface area contributed by atoms with E-state index in [1.54, 1.807) is 5.57 Å². The first kappa shape index (κ1) is 22.2. The van der Waals surface area contributed by atoms with Crippen LogP contribution in [0, 0.1) is 0 Å². The normalized spacial score (nSPS) is 14.4. The molecule has 2 N–H and O–H groups in total. The van der Waals surface area contributed by atoms with Crippen LogP contribution in [0.3, 0.4) is 0 Å². The van der Waals surface area contributed by atoms with Crippen molar-refractivity contribution in [1.82, 2.24) is 9.97 Å². The molecule has 3 aromatic carbocycles. The number of allylic oxidation sites excluding steroid dienone is 1. The summed E-state index contributed by atoms with van der Waals surface area (Å²) in [6.45, 7) is 4.47. The Labute approximate surface area is 218 Å². The minimum atomic E-state index is 0.942. The highest BCUT2D eigenvalue weighted by molar-refractivity contribution is 5.87. The van der Waals surface area contributed by atoms with Crippen LogP contribution in [0.1, 0.15) is 54.6 Å². The Bertz CT molecular complexity index is 1690. The summed E-state index contributed by atoms with van der Waals surface area (Å²) in [6.07, 6.45) is 7.82. The maximum atomic E-state index is 3.72. The first-order chi connectivity index (χ1) is 18.1. The maximum absolute atomic E-state index is 3.72. The minimum absolute atomic E-state index is 0.942. The molecule has 1 aliphatic carbocycles. The standard InChI is InChI=1S/C34H33N3/c1-4-21-6-10-29-25(14-21)19-31(35-29)23-8-12-33-27(16-23)18-28-17-24(9-13-34(28)37(33)3)32-20-26-15-22(5-2)7-11-30(26)36-32/h6,8-10,12-17,19-20,35-36H,4-5,7,11,18H2,1-3H3. The third kappa shape index (κ3) is 3.72. The molecule has 0 radical (unpaired) electrons. The van der Waals surface area contributed by atoms with Crippen LogP contribution in [0.4, 0.5) is 11.4 Å². The van der Waals surface area contributed by atoms with Crippen LogP contribution in [0.15, 0.2) is 72.3 Å². The number of benzene rings is 3. The summed E-state index contributed by atoms with van der Waals surface area (Å²) >= 11 is 0. The molecule has 184 valence electrons. The van der Waals surface area contributed by atoms with Crippen molar-refractivity contribution in [3.05, 3.63) is 100 Å². The van der Waals surface area contributed by atoms with Crippen molar-refractivity contribution in [3.63, 3.8) is 0 Å². The average molecular weight is 484 g/mol. The minimum Gasteiger partial charge on any atom is -0.358 e. The first-order valence-electron chi connectivity index (χ1n) is 13.6. The monoisotopic (exact) mass is 483 g/mol. The molecule has 0 atom stereocenters. The number of nitrogens with zero attached hydrogens (tertiary/aromatic N) is 1. The zero-order chi connectivity index (χ0) is 25.1. The van der Waals surface area contributed by atoms with Gasteiger partial charge in [0.25, 0.3) is 0 Å². The van der Waals surface area contributed by atoms with E-state index in [0.29, 0.717) is 0 Å². The van der Waals surface area contributed by atoms with Crippen molar-refractivity contribution in [2.45, 2.75) is 46.0 Å². The number of hydrogen-bond acceptors (Lipinski definition) is 1. The van der Waals surface area contributed by atoms with E-state index in [2.05, 4.69) is 109 Å². The lowest BCUT2D eigenvalue weighted by atomic mass is 9.92. The van der Waals surface area contributed by atoms with Crippen LogP contribution >= 0.6 is 0 Å². The van der Waals surface area contributed by atoms with Crippen molar-refractivity contribution in [2.75, 3.05) is 11.9 Å². The third-order valence-electron chi connectivity index (χ3n) is 8.42. The summed E-state index contributed by atoms with van der Waals surface area (Å²) in [5.41, 5.74) is 17.2. The van der Waals surface area contributed by atoms with Crippen molar-refractivity contribution < 1.29 is 0 Å². The lowest BCUT2D eigenvalue weighted by Crippen LogP contribution is -2.18. The molecule has 2 aliphatic rings. The van der Waals surface area contributed by atoms with Gasteiger partial charge in [0.15, 0.2) is 0 Å². The quantitative estimate of drug-likeness (QED) is 0.263. The Hall–Kier alpha value is -3.98. The van der Waals surface area contributed by atoms with Crippen molar-refractivity contribution in [3.8, 4) is 22.5 Å². The Morgan fingerprint density at radius 3 is 2.16 bits per heavy atom. The van der Waals surface area contributed by atoms with E-state index in [0.717, 1.165) is 25.7 Å². The van der Waals surface area contributed by atoms with E-state index in [4.69, 9.17) is 0 Å². The van der Waals surface area contributed by atoms with Crippen molar-refractivity contribution in [2.24, 2.45) is 0 Å². The molecule has 7 rings (SSSR count). The lowest BCUT2D eigenvalue weighted by Gasteiger charge is -2.31. The Morgan fingerprint density at radius 1 is 0.730 bits per heavy atom. The van der Waals surface area contributed by atoms with Gasteiger partial charge in [-0.3, -0.25) is 0 Å².